The monoisotopic (exact) mass is 266 g/mol. The first-order valence-electron chi connectivity index (χ1n) is 6.91. The molecule has 2 nitrogen and oxygen atoms in total. The first kappa shape index (κ1) is 15.5. The van der Waals surface area contributed by atoms with Gasteiger partial charge in [0, 0.05) is 12.2 Å². The van der Waals surface area contributed by atoms with E-state index in [0.717, 1.165) is 37.0 Å². The summed E-state index contributed by atoms with van der Waals surface area (Å²) in [5, 5.41) is 0. The predicted molar refractivity (Wildman–Crippen MR) is 82.2 cm³/mol. The molecule has 1 atom stereocenters. The number of pyridine rings is 1. The molecule has 18 heavy (non-hydrogen) atoms. The first-order valence-corrected chi connectivity index (χ1v) is 7.54. The van der Waals surface area contributed by atoms with E-state index in [-0.39, 0.29) is 0 Å². The summed E-state index contributed by atoms with van der Waals surface area (Å²) in [6.45, 7) is 9.79. The van der Waals surface area contributed by atoms with Crippen LogP contribution in [0.2, 0.25) is 0 Å². The Balaban J connectivity index is 2.42. The summed E-state index contributed by atoms with van der Waals surface area (Å²) in [5.41, 5.74) is 2.28. The maximum absolute atomic E-state index is 4.57. The zero-order valence-electron chi connectivity index (χ0n) is 11.9. The summed E-state index contributed by atoms with van der Waals surface area (Å²) in [7, 11) is 0. The van der Waals surface area contributed by atoms with Crippen LogP contribution in [0.5, 0.6) is 0 Å². The lowest BCUT2D eigenvalue weighted by molar-refractivity contribution is 0.255. The van der Waals surface area contributed by atoms with Gasteiger partial charge in [0.1, 0.15) is 0 Å². The van der Waals surface area contributed by atoms with Crippen molar-refractivity contribution in [3.63, 3.8) is 0 Å². The van der Waals surface area contributed by atoms with Crippen LogP contribution < -0.4 is 0 Å². The van der Waals surface area contributed by atoms with E-state index in [2.05, 4.69) is 61.5 Å². The zero-order chi connectivity index (χ0) is 13.4. The van der Waals surface area contributed by atoms with Crippen molar-refractivity contribution in [2.24, 2.45) is 5.92 Å². The molecule has 1 unspecified atom stereocenters. The molecule has 0 bridgehead atoms. The van der Waals surface area contributed by atoms with Crippen LogP contribution in [0.25, 0.3) is 0 Å². The van der Waals surface area contributed by atoms with Gasteiger partial charge in [-0.05, 0) is 56.7 Å². The number of hydrogen-bond donors (Lipinski definition) is 1. The van der Waals surface area contributed by atoms with Gasteiger partial charge in [-0.25, -0.2) is 0 Å². The summed E-state index contributed by atoms with van der Waals surface area (Å²) in [4.78, 5) is 7.04. The van der Waals surface area contributed by atoms with Crippen molar-refractivity contribution in [2.75, 3.05) is 18.8 Å². The van der Waals surface area contributed by atoms with E-state index in [1.165, 1.54) is 18.5 Å². The molecule has 0 amide bonds. The average molecular weight is 266 g/mol. The summed E-state index contributed by atoms with van der Waals surface area (Å²) < 4.78 is 0. The molecule has 1 heterocycles. The summed E-state index contributed by atoms with van der Waals surface area (Å²) in [6, 6.07) is 6.26. The number of aromatic nitrogens is 1. The van der Waals surface area contributed by atoms with Crippen LogP contribution in [-0.4, -0.2) is 28.7 Å². The maximum Gasteiger partial charge on any atom is 0.0547 e. The molecule has 0 saturated heterocycles. The average Bonchev–Trinajstić information content (AvgIpc) is 2.35. The number of hydrogen-bond acceptors (Lipinski definition) is 3. The van der Waals surface area contributed by atoms with E-state index in [0.29, 0.717) is 0 Å². The molecule has 0 saturated carbocycles. The smallest absolute Gasteiger partial charge is 0.0547 e. The van der Waals surface area contributed by atoms with Crippen LogP contribution in [0.1, 0.15) is 38.1 Å². The molecule has 0 radical (unpaired) electrons. The van der Waals surface area contributed by atoms with Gasteiger partial charge in [0.05, 0.1) is 5.69 Å². The first-order chi connectivity index (χ1) is 8.65. The van der Waals surface area contributed by atoms with Gasteiger partial charge in [-0.2, -0.15) is 12.6 Å². The normalized spacial score (nSPS) is 12.9. The van der Waals surface area contributed by atoms with Crippen molar-refractivity contribution in [3.05, 3.63) is 29.6 Å². The third kappa shape index (κ3) is 5.87. The second-order valence-electron chi connectivity index (χ2n) is 5.05. The molecule has 102 valence electrons. The highest BCUT2D eigenvalue weighted by atomic mass is 32.1. The molecule has 0 N–H and O–H groups in total. The van der Waals surface area contributed by atoms with Gasteiger partial charge in [-0.3, -0.25) is 9.88 Å². The number of aryl methyl sites for hydroxylation is 1. The molecule has 3 heteroatoms. The van der Waals surface area contributed by atoms with E-state index < -0.39 is 0 Å². The Hall–Kier alpha value is -0.540. The van der Waals surface area contributed by atoms with Crippen LogP contribution in [0.3, 0.4) is 0 Å². The summed E-state index contributed by atoms with van der Waals surface area (Å²) in [5.74, 6) is 1.76. The topological polar surface area (TPSA) is 16.1 Å². The fraction of sp³-hybridized carbons (Fsp3) is 0.667. The third-order valence-corrected chi connectivity index (χ3v) is 3.60. The lowest BCUT2D eigenvalue weighted by Gasteiger charge is -2.22. The number of nitrogens with zero attached hydrogens (tertiary/aromatic N) is 2. The van der Waals surface area contributed by atoms with E-state index in [1.807, 2.05) is 0 Å². The van der Waals surface area contributed by atoms with Gasteiger partial charge >= 0.3 is 0 Å². The van der Waals surface area contributed by atoms with Crippen LogP contribution >= 0.6 is 12.6 Å². The molecular formula is C15H26N2S. The fourth-order valence-electron chi connectivity index (χ4n) is 2.03. The third-order valence-electron chi connectivity index (χ3n) is 3.34. The molecule has 0 spiro atoms. The number of thiol groups is 1. The van der Waals surface area contributed by atoms with Gasteiger partial charge in [0.25, 0.3) is 0 Å². The molecule has 0 aliphatic carbocycles. The molecule has 1 aromatic rings. The highest BCUT2D eigenvalue weighted by molar-refractivity contribution is 7.80. The van der Waals surface area contributed by atoms with E-state index >= 15 is 0 Å². The van der Waals surface area contributed by atoms with Crippen LogP contribution in [0.15, 0.2) is 18.2 Å². The van der Waals surface area contributed by atoms with Gasteiger partial charge in [0.2, 0.25) is 0 Å². The molecule has 0 fully saturated rings. The Kier molecular flexibility index (Phi) is 7.36. The zero-order valence-corrected chi connectivity index (χ0v) is 12.8. The van der Waals surface area contributed by atoms with Crippen molar-refractivity contribution in [1.82, 2.24) is 9.88 Å². The lowest BCUT2D eigenvalue weighted by Crippen LogP contribution is -2.26. The Bertz CT molecular complexity index is 341. The van der Waals surface area contributed by atoms with Crippen LogP contribution in [0, 0.1) is 12.8 Å². The highest BCUT2D eigenvalue weighted by Gasteiger charge is 2.07. The van der Waals surface area contributed by atoms with Crippen molar-refractivity contribution < 1.29 is 0 Å². The minimum atomic E-state index is 0.766. The Morgan fingerprint density at radius 3 is 2.72 bits per heavy atom. The minimum Gasteiger partial charge on any atom is -0.298 e. The molecule has 0 aliphatic rings. The molecule has 1 rings (SSSR count). The second kappa shape index (κ2) is 8.54. The summed E-state index contributed by atoms with van der Waals surface area (Å²) in [6.07, 6.45) is 2.46. The van der Waals surface area contributed by atoms with Crippen molar-refractivity contribution in [3.8, 4) is 0 Å². The molecular weight excluding hydrogens is 240 g/mol. The standard InChI is InChI=1S/C15H26N2S/c1-4-17(10-8-13(2)9-11-18)12-15-7-5-6-14(3)16-15/h5-7,13,18H,4,8-12H2,1-3H3. The van der Waals surface area contributed by atoms with Crippen molar-refractivity contribution >= 4 is 12.6 Å². The Morgan fingerprint density at radius 1 is 1.33 bits per heavy atom. The molecule has 1 aromatic heterocycles. The van der Waals surface area contributed by atoms with Gasteiger partial charge in [-0.1, -0.05) is 19.9 Å². The predicted octanol–water partition coefficient (Wildman–Crippen LogP) is 3.56. The lowest BCUT2D eigenvalue weighted by atomic mass is 10.0. The minimum absolute atomic E-state index is 0.766. The van der Waals surface area contributed by atoms with E-state index in [4.69, 9.17) is 0 Å². The maximum atomic E-state index is 4.57. The summed E-state index contributed by atoms with van der Waals surface area (Å²) >= 11 is 4.30. The molecule has 0 aliphatic heterocycles. The van der Waals surface area contributed by atoms with Crippen LogP contribution in [0.4, 0.5) is 0 Å². The van der Waals surface area contributed by atoms with Gasteiger partial charge in [-0.15, -0.1) is 0 Å². The van der Waals surface area contributed by atoms with Crippen LogP contribution in [-0.2, 0) is 6.54 Å². The SMILES string of the molecule is CCN(CCC(C)CCS)Cc1cccc(C)n1. The Morgan fingerprint density at radius 2 is 2.11 bits per heavy atom. The van der Waals surface area contributed by atoms with Gasteiger partial charge < -0.3 is 0 Å². The largest absolute Gasteiger partial charge is 0.298 e. The van der Waals surface area contributed by atoms with E-state index in [1.54, 1.807) is 0 Å². The second-order valence-corrected chi connectivity index (χ2v) is 5.49. The fourth-order valence-corrected chi connectivity index (χ4v) is 2.47. The quantitative estimate of drug-likeness (QED) is 0.724. The van der Waals surface area contributed by atoms with Crippen molar-refractivity contribution in [2.45, 2.75) is 40.2 Å². The van der Waals surface area contributed by atoms with Gasteiger partial charge in [0.15, 0.2) is 0 Å². The highest BCUT2D eigenvalue weighted by Crippen LogP contribution is 2.11. The molecule has 0 aromatic carbocycles. The van der Waals surface area contributed by atoms with Crippen molar-refractivity contribution in [1.29, 1.82) is 0 Å². The number of rotatable bonds is 8. The Labute approximate surface area is 117 Å². The van der Waals surface area contributed by atoms with E-state index in [9.17, 15) is 0 Å².